The van der Waals surface area contributed by atoms with E-state index < -0.39 is 0 Å². The maximum absolute atomic E-state index is 12.3. The van der Waals surface area contributed by atoms with Crippen molar-refractivity contribution in [3.63, 3.8) is 0 Å². The highest BCUT2D eigenvalue weighted by molar-refractivity contribution is 5.78. The molecule has 7 heteroatoms. The number of rotatable bonds is 8. The number of hydrogen-bond donors (Lipinski definition) is 1. The molecular weight excluding hydrogens is 344 g/mol. The quantitative estimate of drug-likeness (QED) is 0.761. The van der Waals surface area contributed by atoms with E-state index in [4.69, 9.17) is 9.47 Å². The molecule has 27 heavy (non-hydrogen) atoms. The molecule has 7 nitrogen and oxygen atoms in total. The van der Waals surface area contributed by atoms with Crippen molar-refractivity contribution in [1.82, 2.24) is 20.0 Å². The summed E-state index contributed by atoms with van der Waals surface area (Å²) in [5.41, 5.74) is 1.90. The molecule has 1 aliphatic heterocycles. The first-order chi connectivity index (χ1) is 13.1. The molecule has 0 bridgehead atoms. The van der Waals surface area contributed by atoms with Crippen molar-refractivity contribution in [1.29, 1.82) is 0 Å². The van der Waals surface area contributed by atoms with Crippen LogP contribution in [0.15, 0.2) is 36.4 Å². The number of benzene rings is 1. The zero-order chi connectivity index (χ0) is 19.1. The van der Waals surface area contributed by atoms with Crippen LogP contribution in [0.5, 0.6) is 5.88 Å². The van der Waals surface area contributed by atoms with Crippen LogP contribution in [0.1, 0.15) is 6.92 Å². The number of amides is 1. The summed E-state index contributed by atoms with van der Waals surface area (Å²) in [4.78, 5) is 14.6. The van der Waals surface area contributed by atoms with E-state index in [1.807, 2.05) is 50.4 Å². The Hall–Kier alpha value is -2.38. The minimum atomic E-state index is -0.232. The molecule has 0 saturated carbocycles. The summed E-state index contributed by atoms with van der Waals surface area (Å²) >= 11 is 0. The molecule has 1 aromatic carbocycles. The van der Waals surface area contributed by atoms with Gasteiger partial charge in [0, 0.05) is 44.9 Å². The lowest BCUT2D eigenvalue weighted by Crippen LogP contribution is -2.42. The third-order valence-corrected chi connectivity index (χ3v) is 4.67. The molecule has 1 saturated heterocycles. The maximum atomic E-state index is 12.3. The molecule has 146 valence electrons. The van der Waals surface area contributed by atoms with Crippen LogP contribution in [0, 0.1) is 5.92 Å². The van der Waals surface area contributed by atoms with E-state index >= 15 is 0 Å². The largest absolute Gasteiger partial charge is 0.477 e. The predicted molar refractivity (Wildman–Crippen MR) is 104 cm³/mol. The highest BCUT2D eigenvalue weighted by Gasteiger charge is 2.16. The molecule has 0 aliphatic carbocycles. The van der Waals surface area contributed by atoms with Crippen molar-refractivity contribution >= 4 is 5.91 Å². The van der Waals surface area contributed by atoms with Crippen LogP contribution < -0.4 is 10.1 Å². The number of nitrogens with zero attached hydrogens (tertiary/aromatic N) is 3. The summed E-state index contributed by atoms with van der Waals surface area (Å²) in [5.74, 6) is 0.431. The number of aromatic nitrogens is 2. The highest BCUT2D eigenvalue weighted by atomic mass is 16.5. The summed E-state index contributed by atoms with van der Waals surface area (Å²) in [5, 5.41) is 7.47. The SMILES string of the molecule is CC(COc1cc(-c2ccccc2)nn1C)C(=O)NCCN1CCOCC1. The zero-order valence-corrected chi connectivity index (χ0v) is 16.1. The van der Waals surface area contributed by atoms with Gasteiger partial charge in [-0.1, -0.05) is 37.3 Å². The van der Waals surface area contributed by atoms with E-state index in [1.54, 1.807) is 4.68 Å². The van der Waals surface area contributed by atoms with Gasteiger partial charge in [-0.25, -0.2) is 4.68 Å². The first-order valence-corrected chi connectivity index (χ1v) is 9.43. The van der Waals surface area contributed by atoms with Crippen LogP contribution in [0.25, 0.3) is 11.3 Å². The second-order valence-electron chi connectivity index (χ2n) is 6.81. The van der Waals surface area contributed by atoms with Gasteiger partial charge in [0.2, 0.25) is 11.8 Å². The van der Waals surface area contributed by atoms with Gasteiger partial charge in [0.25, 0.3) is 0 Å². The van der Waals surface area contributed by atoms with Gasteiger partial charge in [-0.3, -0.25) is 9.69 Å². The van der Waals surface area contributed by atoms with Crippen LogP contribution in [-0.4, -0.2) is 66.6 Å². The van der Waals surface area contributed by atoms with Crippen LogP contribution >= 0.6 is 0 Å². The van der Waals surface area contributed by atoms with Crippen LogP contribution in [0.4, 0.5) is 0 Å². The summed E-state index contributed by atoms with van der Waals surface area (Å²) in [6.45, 7) is 7.09. The van der Waals surface area contributed by atoms with Crippen molar-refractivity contribution in [2.45, 2.75) is 6.92 Å². The van der Waals surface area contributed by atoms with Crippen molar-refractivity contribution in [2.75, 3.05) is 46.0 Å². The normalized spacial score (nSPS) is 16.1. The molecule has 1 unspecified atom stereocenters. The highest BCUT2D eigenvalue weighted by Crippen LogP contribution is 2.22. The lowest BCUT2D eigenvalue weighted by atomic mass is 10.1. The third-order valence-electron chi connectivity index (χ3n) is 4.67. The predicted octanol–water partition coefficient (Wildman–Crippen LogP) is 1.55. The van der Waals surface area contributed by atoms with Crippen LogP contribution in [-0.2, 0) is 16.6 Å². The zero-order valence-electron chi connectivity index (χ0n) is 16.1. The van der Waals surface area contributed by atoms with Crippen molar-refractivity contribution in [3.8, 4) is 17.1 Å². The van der Waals surface area contributed by atoms with Gasteiger partial charge in [0.05, 0.1) is 24.8 Å². The van der Waals surface area contributed by atoms with Gasteiger partial charge in [-0.15, -0.1) is 0 Å². The summed E-state index contributed by atoms with van der Waals surface area (Å²) < 4.78 is 12.9. The molecule has 3 rings (SSSR count). The monoisotopic (exact) mass is 372 g/mol. The molecule has 0 spiro atoms. The van der Waals surface area contributed by atoms with Gasteiger partial charge in [-0.2, -0.15) is 5.10 Å². The third kappa shape index (κ3) is 5.55. The Labute approximate surface area is 160 Å². The topological polar surface area (TPSA) is 68.6 Å². The molecule has 1 aliphatic rings. The van der Waals surface area contributed by atoms with Gasteiger partial charge >= 0.3 is 0 Å². The van der Waals surface area contributed by atoms with E-state index in [0.29, 0.717) is 19.0 Å². The Morgan fingerprint density at radius 2 is 2.04 bits per heavy atom. The molecule has 1 N–H and O–H groups in total. The minimum Gasteiger partial charge on any atom is -0.477 e. The van der Waals surface area contributed by atoms with Crippen molar-refractivity contribution in [3.05, 3.63) is 36.4 Å². The molecular formula is C20H28N4O3. The van der Waals surface area contributed by atoms with Crippen molar-refractivity contribution < 1.29 is 14.3 Å². The van der Waals surface area contributed by atoms with E-state index in [2.05, 4.69) is 15.3 Å². The number of carbonyl (C=O) groups is 1. The molecule has 2 aromatic rings. The Kier molecular flexibility index (Phi) is 6.84. The molecule has 2 heterocycles. The van der Waals surface area contributed by atoms with E-state index in [0.717, 1.165) is 44.1 Å². The average Bonchev–Trinajstić information content (AvgIpc) is 3.08. The summed E-state index contributed by atoms with van der Waals surface area (Å²) in [6, 6.07) is 11.9. The smallest absolute Gasteiger partial charge is 0.226 e. The van der Waals surface area contributed by atoms with E-state index in [-0.39, 0.29) is 11.8 Å². The second kappa shape index (κ2) is 9.53. The van der Waals surface area contributed by atoms with Crippen LogP contribution in [0.3, 0.4) is 0 Å². The fourth-order valence-electron chi connectivity index (χ4n) is 2.96. The Bertz CT molecular complexity index is 726. The molecule has 1 atom stereocenters. The van der Waals surface area contributed by atoms with Crippen molar-refractivity contribution in [2.24, 2.45) is 13.0 Å². The number of carbonyl (C=O) groups excluding carboxylic acids is 1. The Balaban J connectivity index is 1.43. The Morgan fingerprint density at radius 1 is 1.30 bits per heavy atom. The number of morpholine rings is 1. The summed E-state index contributed by atoms with van der Waals surface area (Å²) in [6.07, 6.45) is 0. The van der Waals surface area contributed by atoms with E-state index in [9.17, 15) is 4.79 Å². The first-order valence-electron chi connectivity index (χ1n) is 9.43. The summed E-state index contributed by atoms with van der Waals surface area (Å²) in [7, 11) is 1.84. The lowest BCUT2D eigenvalue weighted by molar-refractivity contribution is -0.125. The average molecular weight is 372 g/mol. The number of aryl methyl sites for hydroxylation is 1. The standard InChI is InChI=1S/C20H28N4O3/c1-16(20(25)21-8-9-24-10-12-26-13-11-24)15-27-19-14-18(22-23(19)2)17-6-4-3-5-7-17/h3-7,14,16H,8-13,15H2,1-2H3,(H,21,25). The van der Waals surface area contributed by atoms with Gasteiger partial charge in [0.1, 0.15) is 6.61 Å². The molecule has 1 amide bonds. The number of hydrogen-bond acceptors (Lipinski definition) is 5. The first kappa shape index (κ1) is 19.4. The molecule has 1 fully saturated rings. The van der Waals surface area contributed by atoms with Gasteiger partial charge in [-0.05, 0) is 0 Å². The lowest BCUT2D eigenvalue weighted by Gasteiger charge is -2.26. The van der Waals surface area contributed by atoms with Gasteiger partial charge in [0.15, 0.2) is 0 Å². The van der Waals surface area contributed by atoms with Crippen LogP contribution in [0.2, 0.25) is 0 Å². The minimum absolute atomic E-state index is 0.00807. The fourth-order valence-corrected chi connectivity index (χ4v) is 2.96. The second-order valence-corrected chi connectivity index (χ2v) is 6.81. The fraction of sp³-hybridized carbons (Fsp3) is 0.500. The number of nitrogens with one attached hydrogen (secondary N) is 1. The van der Waals surface area contributed by atoms with Gasteiger partial charge < -0.3 is 14.8 Å². The molecule has 1 aromatic heterocycles. The molecule has 0 radical (unpaired) electrons. The maximum Gasteiger partial charge on any atom is 0.226 e. The number of ether oxygens (including phenoxy) is 2. The Morgan fingerprint density at radius 3 is 2.78 bits per heavy atom. The van der Waals surface area contributed by atoms with E-state index in [1.165, 1.54) is 0 Å².